The zero-order chi connectivity index (χ0) is 19.1. The minimum absolute atomic E-state index is 0.180. The maximum Gasteiger partial charge on any atom is 0.325 e. The molecular formula is C19H27N3O3S. The van der Waals surface area contributed by atoms with Crippen LogP contribution in [-0.4, -0.2) is 50.8 Å². The molecule has 3 heterocycles. The van der Waals surface area contributed by atoms with Crippen LogP contribution in [0.4, 0.5) is 4.79 Å². The molecule has 1 aromatic rings. The lowest BCUT2D eigenvalue weighted by atomic mass is 9.99. The average molecular weight is 378 g/mol. The van der Waals surface area contributed by atoms with Crippen LogP contribution in [0.3, 0.4) is 0 Å². The molecule has 1 unspecified atom stereocenters. The van der Waals surface area contributed by atoms with E-state index in [0.29, 0.717) is 23.7 Å². The van der Waals surface area contributed by atoms with Crippen LogP contribution in [0.1, 0.15) is 48.4 Å². The average Bonchev–Trinajstić information content (AvgIpc) is 3.21. The Balaban J connectivity index is 1.75. The van der Waals surface area contributed by atoms with Crippen molar-refractivity contribution in [3.05, 3.63) is 23.0 Å². The minimum Gasteiger partial charge on any atom is -0.348 e. The van der Waals surface area contributed by atoms with Crippen molar-refractivity contribution in [3.8, 4) is 0 Å². The van der Waals surface area contributed by atoms with E-state index in [4.69, 9.17) is 0 Å². The third kappa shape index (κ3) is 3.29. The molecule has 2 aliphatic rings. The number of nitrogens with zero attached hydrogens (tertiary/aromatic N) is 2. The van der Waals surface area contributed by atoms with Crippen LogP contribution < -0.4 is 5.32 Å². The number of nitrogens with one attached hydrogen (secondary N) is 1. The van der Waals surface area contributed by atoms with E-state index in [1.54, 1.807) is 11.8 Å². The summed E-state index contributed by atoms with van der Waals surface area (Å²) in [6.07, 6.45) is 1.67. The van der Waals surface area contributed by atoms with Gasteiger partial charge < -0.3 is 9.88 Å². The zero-order valence-corrected chi connectivity index (χ0v) is 16.7. The molecule has 2 aliphatic heterocycles. The number of urea groups is 1. The van der Waals surface area contributed by atoms with E-state index in [0.717, 1.165) is 35.0 Å². The van der Waals surface area contributed by atoms with E-state index < -0.39 is 11.6 Å². The van der Waals surface area contributed by atoms with Crippen molar-refractivity contribution in [1.82, 2.24) is 14.8 Å². The van der Waals surface area contributed by atoms with Crippen molar-refractivity contribution in [3.63, 3.8) is 0 Å². The van der Waals surface area contributed by atoms with Crippen LogP contribution in [0.5, 0.6) is 0 Å². The van der Waals surface area contributed by atoms with Crippen LogP contribution in [0, 0.1) is 19.8 Å². The lowest BCUT2D eigenvalue weighted by Crippen LogP contribution is -2.47. The first kappa shape index (κ1) is 19.0. The quantitative estimate of drug-likeness (QED) is 0.611. The molecule has 2 fully saturated rings. The summed E-state index contributed by atoms with van der Waals surface area (Å²) in [4.78, 5) is 38.9. The van der Waals surface area contributed by atoms with E-state index in [9.17, 15) is 14.4 Å². The number of thioether (sulfide) groups is 1. The molecule has 0 aliphatic carbocycles. The number of ketones is 1. The number of aryl methyl sites for hydroxylation is 1. The Kier molecular flexibility index (Phi) is 5.19. The van der Waals surface area contributed by atoms with Crippen LogP contribution in [0.2, 0.25) is 0 Å². The molecule has 0 saturated carbocycles. The fourth-order valence-corrected chi connectivity index (χ4v) is 5.02. The Morgan fingerprint density at radius 1 is 1.35 bits per heavy atom. The first-order chi connectivity index (χ1) is 12.2. The predicted octanol–water partition coefficient (Wildman–Crippen LogP) is 2.76. The molecule has 6 nitrogen and oxygen atoms in total. The van der Waals surface area contributed by atoms with Crippen molar-refractivity contribution >= 4 is 29.5 Å². The number of Topliss-reactive ketones (excluding diaryl/α,β-unsaturated/α-hetero) is 1. The van der Waals surface area contributed by atoms with Gasteiger partial charge in [-0.15, -0.1) is 0 Å². The second kappa shape index (κ2) is 7.10. The molecule has 2 saturated heterocycles. The summed E-state index contributed by atoms with van der Waals surface area (Å²) < 4.78 is 2.15. The summed E-state index contributed by atoms with van der Waals surface area (Å²) in [5.41, 5.74) is 1.75. The molecule has 3 rings (SSSR count). The van der Waals surface area contributed by atoms with Gasteiger partial charge in [0.05, 0.1) is 6.54 Å². The van der Waals surface area contributed by atoms with Gasteiger partial charge in [-0.2, -0.15) is 11.8 Å². The van der Waals surface area contributed by atoms with Crippen molar-refractivity contribution in [1.29, 1.82) is 0 Å². The van der Waals surface area contributed by atoms with Crippen LogP contribution in [0.15, 0.2) is 6.07 Å². The summed E-state index contributed by atoms with van der Waals surface area (Å²) >= 11 is 1.66. The predicted molar refractivity (Wildman–Crippen MR) is 103 cm³/mol. The summed E-state index contributed by atoms with van der Waals surface area (Å²) in [7, 11) is 0. The third-order valence-electron chi connectivity index (χ3n) is 5.37. The Labute approximate surface area is 158 Å². The molecule has 0 bridgehead atoms. The van der Waals surface area contributed by atoms with E-state index in [1.807, 2.05) is 19.9 Å². The van der Waals surface area contributed by atoms with Crippen molar-refractivity contribution in [2.24, 2.45) is 5.92 Å². The van der Waals surface area contributed by atoms with Gasteiger partial charge in [0.2, 0.25) is 0 Å². The maximum absolute atomic E-state index is 12.8. The fraction of sp³-hybridized carbons (Fsp3) is 0.632. The molecule has 26 heavy (non-hydrogen) atoms. The van der Waals surface area contributed by atoms with Crippen molar-refractivity contribution < 1.29 is 14.4 Å². The highest BCUT2D eigenvalue weighted by Gasteiger charge is 2.53. The molecule has 1 atom stereocenters. The first-order valence-corrected chi connectivity index (χ1v) is 10.3. The Morgan fingerprint density at radius 2 is 2.08 bits per heavy atom. The lowest BCUT2D eigenvalue weighted by Gasteiger charge is -2.19. The zero-order valence-electron chi connectivity index (χ0n) is 15.9. The van der Waals surface area contributed by atoms with Crippen LogP contribution in [-0.2, 0) is 11.3 Å². The van der Waals surface area contributed by atoms with Crippen LogP contribution in [0.25, 0.3) is 0 Å². The Bertz CT molecular complexity index is 747. The first-order valence-electron chi connectivity index (χ1n) is 9.17. The molecule has 3 amide bonds. The van der Waals surface area contributed by atoms with Crippen LogP contribution >= 0.6 is 11.8 Å². The second-order valence-corrected chi connectivity index (χ2v) is 8.85. The Morgan fingerprint density at radius 3 is 2.69 bits per heavy atom. The molecule has 0 radical (unpaired) electrons. The van der Waals surface area contributed by atoms with Gasteiger partial charge in [-0.1, -0.05) is 13.8 Å². The van der Waals surface area contributed by atoms with Gasteiger partial charge in [-0.3, -0.25) is 14.5 Å². The largest absolute Gasteiger partial charge is 0.348 e. The van der Waals surface area contributed by atoms with Gasteiger partial charge in [-0.05, 0) is 44.4 Å². The topological polar surface area (TPSA) is 71.4 Å². The number of carbonyl (C=O) groups is 3. The number of rotatable bonds is 6. The molecule has 7 heteroatoms. The minimum atomic E-state index is -0.795. The number of aromatic nitrogens is 1. The highest BCUT2D eigenvalue weighted by atomic mass is 32.2. The molecular weight excluding hydrogens is 350 g/mol. The molecule has 1 spiro atoms. The van der Waals surface area contributed by atoms with Crippen molar-refractivity contribution in [2.45, 2.75) is 52.6 Å². The number of imide groups is 1. The molecule has 1 N–H and O–H groups in total. The second-order valence-electron chi connectivity index (χ2n) is 7.75. The lowest BCUT2D eigenvalue weighted by molar-refractivity contribution is -0.130. The molecule has 142 valence electrons. The normalized spacial score (nSPS) is 22.7. The highest BCUT2D eigenvalue weighted by molar-refractivity contribution is 7.99. The third-order valence-corrected chi connectivity index (χ3v) is 6.56. The summed E-state index contributed by atoms with van der Waals surface area (Å²) in [5, 5.41) is 2.81. The standard InChI is InChI=1S/C19H27N3O3S/c1-12(2)5-7-21-13(3)9-15(14(21)4)16(23)10-22-17(24)19(20-18(22)25)6-8-26-11-19/h9,12H,5-8,10-11H2,1-4H3,(H,20,25). The van der Waals surface area contributed by atoms with E-state index in [-0.39, 0.29) is 18.2 Å². The van der Waals surface area contributed by atoms with Gasteiger partial charge in [0.15, 0.2) is 5.78 Å². The monoisotopic (exact) mass is 377 g/mol. The van der Waals surface area contributed by atoms with Gasteiger partial charge in [-0.25, -0.2) is 4.79 Å². The van der Waals surface area contributed by atoms with E-state index in [2.05, 4.69) is 23.7 Å². The number of amides is 3. The molecule has 0 aromatic carbocycles. The van der Waals surface area contributed by atoms with E-state index in [1.165, 1.54) is 0 Å². The SMILES string of the molecule is Cc1cc(C(=O)CN2C(=O)NC3(CCSC3)C2=O)c(C)n1CCC(C)C. The van der Waals surface area contributed by atoms with Gasteiger partial charge in [0, 0.05) is 29.2 Å². The van der Waals surface area contributed by atoms with Gasteiger partial charge in [0.25, 0.3) is 5.91 Å². The Hall–Kier alpha value is -1.76. The van der Waals surface area contributed by atoms with E-state index >= 15 is 0 Å². The van der Waals surface area contributed by atoms with Gasteiger partial charge >= 0.3 is 6.03 Å². The van der Waals surface area contributed by atoms with Gasteiger partial charge in [0.1, 0.15) is 5.54 Å². The molecule has 1 aromatic heterocycles. The van der Waals surface area contributed by atoms with Crippen molar-refractivity contribution in [2.75, 3.05) is 18.1 Å². The maximum atomic E-state index is 12.8. The summed E-state index contributed by atoms with van der Waals surface area (Å²) in [6.45, 7) is 8.95. The number of hydrogen-bond acceptors (Lipinski definition) is 4. The summed E-state index contributed by atoms with van der Waals surface area (Å²) in [6, 6.07) is 1.43. The smallest absolute Gasteiger partial charge is 0.325 e. The fourth-order valence-electron chi connectivity index (χ4n) is 3.70. The number of hydrogen-bond donors (Lipinski definition) is 1. The summed E-state index contributed by atoms with van der Waals surface area (Å²) in [5.74, 6) is 1.59. The highest BCUT2D eigenvalue weighted by Crippen LogP contribution is 2.33. The number of carbonyl (C=O) groups excluding carboxylic acids is 3.